The van der Waals surface area contributed by atoms with Crippen molar-refractivity contribution in [1.82, 2.24) is 5.43 Å². The van der Waals surface area contributed by atoms with E-state index in [1.807, 2.05) is 19.1 Å². The minimum atomic E-state index is -0.0776. The molecule has 3 N–H and O–H groups in total. The first-order chi connectivity index (χ1) is 6.81. The molecule has 2 aromatic heterocycles. The summed E-state index contributed by atoms with van der Waals surface area (Å²) in [5.74, 6) is 6.34. The second kappa shape index (κ2) is 3.69. The smallest absolute Gasteiger partial charge is 0.101 e. The molecule has 74 valence electrons. The molecule has 0 aliphatic carbocycles. The van der Waals surface area contributed by atoms with Crippen molar-refractivity contribution >= 4 is 0 Å². The zero-order valence-corrected chi connectivity index (χ0v) is 7.86. The van der Waals surface area contributed by atoms with Gasteiger partial charge < -0.3 is 8.83 Å². The van der Waals surface area contributed by atoms with Crippen LogP contribution in [0.15, 0.2) is 39.8 Å². The van der Waals surface area contributed by atoms with Crippen LogP contribution in [0, 0.1) is 6.92 Å². The molecule has 2 rings (SSSR count). The van der Waals surface area contributed by atoms with E-state index in [2.05, 4.69) is 5.43 Å². The van der Waals surface area contributed by atoms with Crippen LogP contribution in [0.4, 0.5) is 0 Å². The lowest BCUT2D eigenvalue weighted by atomic mass is 10.1. The Bertz CT molecular complexity index is 392. The second-order valence-electron chi connectivity index (χ2n) is 3.15. The van der Waals surface area contributed by atoms with Crippen molar-refractivity contribution < 1.29 is 8.83 Å². The molecule has 0 aliphatic heterocycles. The number of furan rings is 2. The highest BCUT2D eigenvalue weighted by Crippen LogP contribution is 2.23. The van der Waals surface area contributed by atoms with Crippen molar-refractivity contribution in [2.45, 2.75) is 13.0 Å². The maximum atomic E-state index is 5.47. The van der Waals surface area contributed by atoms with Crippen molar-refractivity contribution in [1.29, 1.82) is 0 Å². The van der Waals surface area contributed by atoms with Crippen molar-refractivity contribution in [2.24, 2.45) is 5.84 Å². The van der Waals surface area contributed by atoms with Gasteiger partial charge in [-0.15, -0.1) is 0 Å². The Labute approximate surface area is 81.7 Å². The molecule has 14 heavy (non-hydrogen) atoms. The zero-order chi connectivity index (χ0) is 9.97. The molecule has 0 amide bonds. The Morgan fingerprint density at radius 3 is 2.71 bits per heavy atom. The molecule has 1 atom stereocenters. The summed E-state index contributed by atoms with van der Waals surface area (Å²) in [4.78, 5) is 0. The Balaban J connectivity index is 2.31. The molecule has 0 saturated heterocycles. The van der Waals surface area contributed by atoms with E-state index in [0.29, 0.717) is 0 Å². The van der Waals surface area contributed by atoms with Gasteiger partial charge in [-0.05, 0) is 19.1 Å². The van der Waals surface area contributed by atoms with Gasteiger partial charge >= 0.3 is 0 Å². The highest BCUT2D eigenvalue weighted by Gasteiger charge is 2.15. The summed E-state index contributed by atoms with van der Waals surface area (Å²) in [6, 6.07) is 3.73. The maximum Gasteiger partial charge on any atom is 0.101 e. The fourth-order valence-electron chi connectivity index (χ4n) is 1.44. The highest BCUT2D eigenvalue weighted by molar-refractivity contribution is 5.27. The lowest BCUT2D eigenvalue weighted by molar-refractivity contribution is 0.523. The molecular formula is C10H12N2O2. The summed E-state index contributed by atoms with van der Waals surface area (Å²) < 4.78 is 10.2. The SMILES string of the molecule is Cc1cc(C(NN)c2ccoc2)co1. The Hall–Kier alpha value is -1.52. The summed E-state index contributed by atoms with van der Waals surface area (Å²) >= 11 is 0. The monoisotopic (exact) mass is 192 g/mol. The summed E-state index contributed by atoms with van der Waals surface area (Å²) in [6.45, 7) is 1.90. The van der Waals surface area contributed by atoms with Crippen LogP contribution in [0.3, 0.4) is 0 Å². The maximum absolute atomic E-state index is 5.47. The number of hydrazine groups is 1. The summed E-state index contributed by atoms with van der Waals surface area (Å²) in [7, 11) is 0. The van der Waals surface area contributed by atoms with E-state index < -0.39 is 0 Å². The van der Waals surface area contributed by atoms with Gasteiger partial charge in [0.05, 0.1) is 24.8 Å². The third-order valence-electron chi connectivity index (χ3n) is 2.13. The summed E-state index contributed by atoms with van der Waals surface area (Å²) in [5, 5.41) is 0. The van der Waals surface area contributed by atoms with Gasteiger partial charge in [-0.2, -0.15) is 0 Å². The molecule has 1 unspecified atom stereocenters. The van der Waals surface area contributed by atoms with Gasteiger partial charge in [-0.25, -0.2) is 5.43 Å². The fourth-order valence-corrected chi connectivity index (χ4v) is 1.44. The van der Waals surface area contributed by atoms with E-state index in [1.54, 1.807) is 18.8 Å². The van der Waals surface area contributed by atoms with Crippen LogP contribution in [-0.4, -0.2) is 0 Å². The summed E-state index contributed by atoms with van der Waals surface area (Å²) in [5.41, 5.74) is 4.69. The van der Waals surface area contributed by atoms with E-state index in [9.17, 15) is 0 Å². The van der Waals surface area contributed by atoms with Crippen LogP contribution in [0.1, 0.15) is 22.9 Å². The first-order valence-corrected chi connectivity index (χ1v) is 4.34. The Morgan fingerprint density at radius 1 is 1.36 bits per heavy atom. The standard InChI is InChI=1S/C10H12N2O2/c1-7-4-9(6-14-7)10(12-11)8-2-3-13-5-8/h2-6,10,12H,11H2,1H3. The number of hydrogen-bond acceptors (Lipinski definition) is 4. The highest BCUT2D eigenvalue weighted by atomic mass is 16.3. The van der Waals surface area contributed by atoms with Crippen molar-refractivity contribution in [3.63, 3.8) is 0 Å². The second-order valence-corrected chi connectivity index (χ2v) is 3.15. The molecule has 0 radical (unpaired) electrons. The Morgan fingerprint density at radius 2 is 2.21 bits per heavy atom. The molecule has 0 aromatic carbocycles. The van der Waals surface area contributed by atoms with Crippen LogP contribution in [0.2, 0.25) is 0 Å². The number of nitrogens with one attached hydrogen (secondary N) is 1. The number of nitrogens with two attached hydrogens (primary N) is 1. The van der Waals surface area contributed by atoms with Crippen molar-refractivity contribution in [2.75, 3.05) is 0 Å². The average molecular weight is 192 g/mol. The van der Waals surface area contributed by atoms with Crippen molar-refractivity contribution in [3.05, 3.63) is 47.8 Å². The third kappa shape index (κ3) is 1.57. The van der Waals surface area contributed by atoms with Gasteiger partial charge in [0.1, 0.15) is 5.76 Å². The predicted molar refractivity (Wildman–Crippen MR) is 51.3 cm³/mol. The van der Waals surface area contributed by atoms with Crippen LogP contribution >= 0.6 is 0 Å². The van der Waals surface area contributed by atoms with Crippen LogP contribution < -0.4 is 11.3 Å². The van der Waals surface area contributed by atoms with Gasteiger partial charge in [0, 0.05) is 11.1 Å². The summed E-state index contributed by atoms with van der Waals surface area (Å²) in [6.07, 6.45) is 4.96. The van der Waals surface area contributed by atoms with E-state index in [-0.39, 0.29) is 6.04 Å². The van der Waals surface area contributed by atoms with Gasteiger partial charge in [0.2, 0.25) is 0 Å². The third-order valence-corrected chi connectivity index (χ3v) is 2.13. The average Bonchev–Trinajstić information content (AvgIpc) is 2.79. The van der Waals surface area contributed by atoms with E-state index >= 15 is 0 Å². The first-order valence-electron chi connectivity index (χ1n) is 4.34. The molecule has 4 nitrogen and oxygen atoms in total. The molecule has 4 heteroatoms. The molecule has 2 aromatic rings. The van der Waals surface area contributed by atoms with Gasteiger partial charge in [0.15, 0.2) is 0 Å². The van der Waals surface area contributed by atoms with Gasteiger partial charge in [0.25, 0.3) is 0 Å². The lowest BCUT2D eigenvalue weighted by Crippen LogP contribution is -2.28. The zero-order valence-electron chi connectivity index (χ0n) is 7.86. The fraction of sp³-hybridized carbons (Fsp3) is 0.200. The number of hydrogen-bond donors (Lipinski definition) is 2. The topological polar surface area (TPSA) is 64.3 Å². The van der Waals surface area contributed by atoms with E-state index in [0.717, 1.165) is 16.9 Å². The largest absolute Gasteiger partial charge is 0.472 e. The lowest BCUT2D eigenvalue weighted by Gasteiger charge is -2.10. The number of rotatable bonds is 3. The van der Waals surface area contributed by atoms with E-state index in [1.165, 1.54) is 0 Å². The predicted octanol–water partition coefficient (Wildman–Crippen LogP) is 1.73. The molecular weight excluding hydrogens is 180 g/mol. The van der Waals surface area contributed by atoms with Crippen LogP contribution in [0.5, 0.6) is 0 Å². The number of aryl methyl sites for hydroxylation is 1. The van der Waals surface area contributed by atoms with Gasteiger partial charge in [-0.3, -0.25) is 5.84 Å². The minimum absolute atomic E-state index is 0.0776. The van der Waals surface area contributed by atoms with Crippen LogP contribution in [0.25, 0.3) is 0 Å². The quantitative estimate of drug-likeness (QED) is 0.574. The Kier molecular flexibility index (Phi) is 2.39. The molecule has 0 saturated carbocycles. The van der Waals surface area contributed by atoms with Crippen LogP contribution in [-0.2, 0) is 0 Å². The molecule has 0 spiro atoms. The van der Waals surface area contributed by atoms with Crippen molar-refractivity contribution in [3.8, 4) is 0 Å². The molecule has 2 heterocycles. The first kappa shape index (κ1) is 9.05. The van der Waals surface area contributed by atoms with E-state index in [4.69, 9.17) is 14.7 Å². The molecule has 0 fully saturated rings. The molecule has 0 bridgehead atoms. The van der Waals surface area contributed by atoms with Gasteiger partial charge in [-0.1, -0.05) is 0 Å². The molecule has 0 aliphatic rings. The normalized spacial score (nSPS) is 13.0. The minimum Gasteiger partial charge on any atom is -0.472 e.